The van der Waals surface area contributed by atoms with Crippen molar-refractivity contribution in [1.29, 1.82) is 0 Å². The van der Waals surface area contributed by atoms with Crippen LogP contribution in [0.3, 0.4) is 0 Å². The minimum Gasteiger partial charge on any atom is -0.355 e. The predicted octanol–water partition coefficient (Wildman–Crippen LogP) is 3.01. The first-order valence-corrected chi connectivity index (χ1v) is 9.70. The molecule has 1 amide bonds. The smallest absolute Gasteiger partial charge is 0.262 e. The number of rotatable bonds is 7. The molecule has 3 rings (SSSR count). The van der Waals surface area contributed by atoms with E-state index in [0.717, 1.165) is 5.56 Å². The van der Waals surface area contributed by atoms with E-state index in [1.165, 1.54) is 23.9 Å². The van der Waals surface area contributed by atoms with Crippen molar-refractivity contribution in [3.05, 3.63) is 70.3 Å². The molecule has 0 unspecified atom stereocenters. The van der Waals surface area contributed by atoms with Gasteiger partial charge in [-0.2, -0.15) is 0 Å². The number of carbonyl (C=O) groups is 1. The number of thioether (sulfide) groups is 1. The third-order valence-corrected chi connectivity index (χ3v) is 5.10. The summed E-state index contributed by atoms with van der Waals surface area (Å²) in [6.45, 7) is 2.84. The van der Waals surface area contributed by atoms with Crippen LogP contribution >= 0.6 is 11.8 Å². The van der Waals surface area contributed by atoms with Crippen molar-refractivity contribution < 1.29 is 9.18 Å². The Bertz CT molecular complexity index is 1000. The standard InChI is InChI=1S/C20H20FN3O2S/c1-2-24-19(26)16-5-3-4-6-17(16)23-20(24)27-13-18(25)22-12-11-14-7-9-15(21)10-8-14/h3-10H,2,11-13H2,1H3,(H,22,25). The normalized spacial score (nSPS) is 10.9. The van der Waals surface area contributed by atoms with E-state index >= 15 is 0 Å². The van der Waals surface area contributed by atoms with Gasteiger partial charge in [-0.1, -0.05) is 36.0 Å². The Kier molecular flexibility index (Phi) is 6.24. The minimum absolute atomic E-state index is 0.0951. The number of hydrogen-bond acceptors (Lipinski definition) is 4. The van der Waals surface area contributed by atoms with Gasteiger partial charge in [0, 0.05) is 13.1 Å². The first kappa shape index (κ1) is 19.1. The summed E-state index contributed by atoms with van der Waals surface area (Å²) >= 11 is 1.25. The number of para-hydroxylation sites is 1. The molecule has 0 atom stereocenters. The molecule has 0 aliphatic heterocycles. The van der Waals surface area contributed by atoms with Crippen LogP contribution in [0.2, 0.25) is 0 Å². The van der Waals surface area contributed by atoms with E-state index in [2.05, 4.69) is 10.3 Å². The minimum atomic E-state index is -0.274. The highest BCUT2D eigenvalue weighted by Gasteiger charge is 2.12. The molecule has 27 heavy (non-hydrogen) atoms. The number of benzene rings is 2. The monoisotopic (exact) mass is 385 g/mol. The van der Waals surface area contributed by atoms with Gasteiger partial charge < -0.3 is 5.32 Å². The van der Waals surface area contributed by atoms with Gasteiger partial charge in [-0.25, -0.2) is 9.37 Å². The summed E-state index contributed by atoms with van der Waals surface area (Å²) in [6, 6.07) is 13.4. The largest absolute Gasteiger partial charge is 0.355 e. The van der Waals surface area contributed by atoms with Gasteiger partial charge in [-0.3, -0.25) is 14.2 Å². The van der Waals surface area contributed by atoms with E-state index in [1.807, 2.05) is 19.1 Å². The van der Waals surface area contributed by atoms with E-state index in [-0.39, 0.29) is 23.0 Å². The van der Waals surface area contributed by atoms with Crippen molar-refractivity contribution in [2.75, 3.05) is 12.3 Å². The first-order chi connectivity index (χ1) is 13.1. The fourth-order valence-corrected chi connectivity index (χ4v) is 3.61. The zero-order valence-electron chi connectivity index (χ0n) is 14.9. The maximum Gasteiger partial charge on any atom is 0.262 e. The maximum atomic E-state index is 12.9. The molecule has 3 aromatic rings. The summed E-state index contributed by atoms with van der Waals surface area (Å²) in [5.41, 5.74) is 1.49. The third-order valence-electron chi connectivity index (χ3n) is 4.12. The lowest BCUT2D eigenvalue weighted by atomic mass is 10.1. The molecule has 0 saturated carbocycles. The molecule has 2 aromatic carbocycles. The second-order valence-electron chi connectivity index (χ2n) is 5.98. The Hall–Kier alpha value is -2.67. The van der Waals surface area contributed by atoms with Crippen molar-refractivity contribution >= 4 is 28.6 Å². The van der Waals surface area contributed by atoms with Crippen LogP contribution in [0, 0.1) is 5.82 Å². The Morgan fingerprint density at radius 1 is 1.19 bits per heavy atom. The molecule has 0 aliphatic carbocycles. The number of halogens is 1. The SMILES string of the molecule is CCn1c(SCC(=O)NCCc2ccc(F)cc2)nc2ccccc2c1=O. The highest BCUT2D eigenvalue weighted by Crippen LogP contribution is 2.17. The average molecular weight is 385 g/mol. The summed E-state index contributed by atoms with van der Waals surface area (Å²) in [5, 5.41) is 3.95. The predicted molar refractivity (Wildman–Crippen MR) is 106 cm³/mol. The number of nitrogens with one attached hydrogen (secondary N) is 1. The molecule has 0 aliphatic rings. The van der Waals surface area contributed by atoms with E-state index < -0.39 is 0 Å². The number of amides is 1. The lowest BCUT2D eigenvalue weighted by Gasteiger charge is -2.11. The Morgan fingerprint density at radius 3 is 2.67 bits per heavy atom. The highest BCUT2D eigenvalue weighted by atomic mass is 32.2. The molecular formula is C20H20FN3O2S. The Morgan fingerprint density at radius 2 is 1.93 bits per heavy atom. The molecule has 1 heterocycles. The van der Waals surface area contributed by atoms with Gasteiger partial charge in [0.05, 0.1) is 16.7 Å². The first-order valence-electron chi connectivity index (χ1n) is 8.72. The van der Waals surface area contributed by atoms with Crippen molar-refractivity contribution in [2.45, 2.75) is 25.0 Å². The zero-order chi connectivity index (χ0) is 19.2. The fraction of sp³-hybridized carbons (Fsp3) is 0.250. The van der Waals surface area contributed by atoms with Crippen molar-refractivity contribution in [2.24, 2.45) is 0 Å². The second-order valence-corrected chi connectivity index (χ2v) is 6.92. The fourth-order valence-electron chi connectivity index (χ4n) is 2.72. The molecule has 0 saturated heterocycles. The van der Waals surface area contributed by atoms with E-state index in [4.69, 9.17) is 0 Å². The molecule has 0 bridgehead atoms. The molecular weight excluding hydrogens is 365 g/mol. The van der Waals surface area contributed by atoms with E-state index in [9.17, 15) is 14.0 Å². The molecule has 1 N–H and O–H groups in total. The topological polar surface area (TPSA) is 64.0 Å². The zero-order valence-corrected chi connectivity index (χ0v) is 15.8. The van der Waals surface area contributed by atoms with Gasteiger partial charge in [-0.15, -0.1) is 0 Å². The Balaban J connectivity index is 1.60. The van der Waals surface area contributed by atoms with Crippen LogP contribution in [0.15, 0.2) is 58.5 Å². The number of nitrogens with zero attached hydrogens (tertiary/aromatic N) is 2. The van der Waals surface area contributed by atoms with Gasteiger partial charge in [0.2, 0.25) is 5.91 Å². The van der Waals surface area contributed by atoms with Gasteiger partial charge >= 0.3 is 0 Å². The summed E-state index contributed by atoms with van der Waals surface area (Å²) in [5.74, 6) is -0.231. The average Bonchev–Trinajstić information content (AvgIpc) is 2.68. The summed E-state index contributed by atoms with van der Waals surface area (Å²) in [7, 11) is 0. The summed E-state index contributed by atoms with van der Waals surface area (Å²) in [4.78, 5) is 29.2. The van der Waals surface area contributed by atoms with Crippen LogP contribution in [0.4, 0.5) is 4.39 Å². The second kappa shape index (κ2) is 8.81. The van der Waals surface area contributed by atoms with Crippen LogP contribution < -0.4 is 10.9 Å². The van der Waals surface area contributed by atoms with Crippen LogP contribution in [-0.2, 0) is 17.8 Å². The van der Waals surface area contributed by atoms with Crippen molar-refractivity contribution in [1.82, 2.24) is 14.9 Å². The molecule has 7 heteroatoms. The lowest BCUT2D eigenvalue weighted by Crippen LogP contribution is -2.28. The van der Waals surface area contributed by atoms with Crippen LogP contribution in [0.5, 0.6) is 0 Å². The van der Waals surface area contributed by atoms with Gasteiger partial charge in [0.25, 0.3) is 5.56 Å². The molecule has 1 aromatic heterocycles. The molecule has 0 fully saturated rings. The summed E-state index contributed by atoms with van der Waals surface area (Å²) < 4.78 is 14.5. The van der Waals surface area contributed by atoms with Crippen LogP contribution in [0.25, 0.3) is 10.9 Å². The molecule has 0 spiro atoms. The molecule has 5 nitrogen and oxygen atoms in total. The number of aromatic nitrogens is 2. The maximum absolute atomic E-state index is 12.9. The number of fused-ring (bicyclic) bond motifs is 1. The van der Waals surface area contributed by atoms with E-state index in [1.54, 1.807) is 28.8 Å². The van der Waals surface area contributed by atoms with Crippen LogP contribution in [-0.4, -0.2) is 27.8 Å². The number of carbonyl (C=O) groups excluding carboxylic acids is 1. The van der Waals surface area contributed by atoms with Crippen molar-refractivity contribution in [3.63, 3.8) is 0 Å². The van der Waals surface area contributed by atoms with Gasteiger partial charge in [0.1, 0.15) is 5.82 Å². The summed E-state index contributed by atoms with van der Waals surface area (Å²) in [6.07, 6.45) is 0.630. The molecule has 0 radical (unpaired) electrons. The van der Waals surface area contributed by atoms with Crippen molar-refractivity contribution in [3.8, 4) is 0 Å². The lowest BCUT2D eigenvalue weighted by molar-refractivity contribution is -0.118. The van der Waals surface area contributed by atoms with E-state index in [0.29, 0.717) is 35.6 Å². The highest BCUT2D eigenvalue weighted by molar-refractivity contribution is 7.99. The van der Waals surface area contributed by atoms with Gasteiger partial charge in [0.15, 0.2) is 5.16 Å². The molecule has 140 valence electrons. The third kappa shape index (κ3) is 4.74. The Labute approximate surface area is 160 Å². The quantitative estimate of drug-likeness (QED) is 0.502. The number of hydrogen-bond donors (Lipinski definition) is 1. The van der Waals surface area contributed by atoms with Gasteiger partial charge in [-0.05, 0) is 43.2 Å². The van der Waals surface area contributed by atoms with Crippen LogP contribution in [0.1, 0.15) is 12.5 Å².